The van der Waals surface area contributed by atoms with Gasteiger partial charge in [0, 0.05) is 24.2 Å². The SMILES string of the molecule is CCNC1CC2CCCC(C1)N2C(C)C(C)(C)C. The van der Waals surface area contributed by atoms with E-state index in [1.54, 1.807) is 0 Å². The van der Waals surface area contributed by atoms with Gasteiger partial charge in [0.25, 0.3) is 0 Å². The highest BCUT2D eigenvalue weighted by Crippen LogP contribution is 2.39. The van der Waals surface area contributed by atoms with Crippen molar-refractivity contribution in [2.24, 2.45) is 5.41 Å². The van der Waals surface area contributed by atoms with Gasteiger partial charge in [0.05, 0.1) is 0 Å². The Morgan fingerprint density at radius 1 is 1.17 bits per heavy atom. The normalized spacial score (nSPS) is 35.5. The van der Waals surface area contributed by atoms with Crippen LogP contribution >= 0.6 is 0 Å². The molecule has 3 unspecified atom stereocenters. The van der Waals surface area contributed by atoms with Gasteiger partial charge in [-0.2, -0.15) is 0 Å². The van der Waals surface area contributed by atoms with E-state index in [2.05, 4.69) is 44.8 Å². The maximum absolute atomic E-state index is 3.68. The lowest BCUT2D eigenvalue weighted by Gasteiger charge is -2.54. The molecule has 2 heterocycles. The summed E-state index contributed by atoms with van der Waals surface area (Å²) >= 11 is 0. The Kier molecular flexibility index (Phi) is 4.38. The fraction of sp³-hybridized carbons (Fsp3) is 1.00. The third-order valence-electron chi connectivity index (χ3n) is 5.22. The molecule has 3 atom stereocenters. The summed E-state index contributed by atoms with van der Waals surface area (Å²) in [5.41, 5.74) is 0.402. The van der Waals surface area contributed by atoms with E-state index in [-0.39, 0.29) is 0 Å². The fourth-order valence-corrected chi connectivity index (χ4v) is 3.95. The van der Waals surface area contributed by atoms with Crippen molar-refractivity contribution in [1.82, 2.24) is 10.2 Å². The summed E-state index contributed by atoms with van der Waals surface area (Å²) in [5.74, 6) is 0. The summed E-state index contributed by atoms with van der Waals surface area (Å²) in [6.07, 6.45) is 7.01. The molecule has 0 amide bonds. The number of hydrogen-bond acceptors (Lipinski definition) is 2. The number of rotatable bonds is 3. The van der Waals surface area contributed by atoms with Crippen LogP contribution in [0, 0.1) is 5.41 Å². The molecule has 0 spiro atoms. The van der Waals surface area contributed by atoms with Gasteiger partial charge in [-0.3, -0.25) is 4.90 Å². The largest absolute Gasteiger partial charge is 0.314 e. The van der Waals surface area contributed by atoms with Gasteiger partial charge in [0.1, 0.15) is 0 Å². The number of nitrogens with one attached hydrogen (secondary N) is 1. The van der Waals surface area contributed by atoms with E-state index in [0.29, 0.717) is 11.5 Å². The third kappa shape index (κ3) is 2.91. The van der Waals surface area contributed by atoms with Crippen molar-refractivity contribution in [3.8, 4) is 0 Å². The Morgan fingerprint density at radius 2 is 1.72 bits per heavy atom. The van der Waals surface area contributed by atoms with Crippen molar-refractivity contribution < 1.29 is 0 Å². The standard InChI is InChI=1S/C16H32N2/c1-6-17-13-10-14-8-7-9-15(11-13)18(14)12(2)16(3,4)5/h12-15,17H,6-11H2,1-5H3. The van der Waals surface area contributed by atoms with Gasteiger partial charge in [-0.05, 0) is 44.6 Å². The average molecular weight is 252 g/mol. The highest BCUT2D eigenvalue weighted by molar-refractivity contribution is 4.98. The molecule has 2 aliphatic heterocycles. The Morgan fingerprint density at radius 3 is 2.17 bits per heavy atom. The molecule has 2 fully saturated rings. The van der Waals surface area contributed by atoms with E-state index in [0.717, 1.165) is 24.7 Å². The van der Waals surface area contributed by atoms with Crippen LogP contribution in [0.4, 0.5) is 0 Å². The minimum Gasteiger partial charge on any atom is -0.314 e. The topological polar surface area (TPSA) is 15.3 Å². The molecule has 0 saturated carbocycles. The molecule has 2 heteroatoms. The average Bonchev–Trinajstić information content (AvgIpc) is 2.26. The van der Waals surface area contributed by atoms with E-state index in [9.17, 15) is 0 Å². The molecule has 0 radical (unpaired) electrons. The maximum Gasteiger partial charge on any atom is 0.0121 e. The van der Waals surface area contributed by atoms with E-state index in [1.165, 1.54) is 32.1 Å². The zero-order chi connectivity index (χ0) is 13.3. The van der Waals surface area contributed by atoms with Crippen LogP contribution in [0.15, 0.2) is 0 Å². The molecule has 2 rings (SSSR count). The molecule has 2 nitrogen and oxygen atoms in total. The zero-order valence-corrected chi connectivity index (χ0v) is 13.0. The molecule has 106 valence electrons. The second-order valence-electron chi connectivity index (χ2n) is 7.45. The molecule has 0 aliphatic carbocycles. The monoisotopic (exact) mass is 252 g/mol. The molecule has 2 saturated heterocycles. The maximum atomic E-state index is 3.68. The summed E-state index contributed by atoms with van der Waals surface area (Å²) < 4.78 is 0. The zero-order valence-electron chi connectivity index (χ0n) is 13.0. The highest BCUT2D eigenvalue weighted by atomic mass is 15.2. The lowest BCUT2D eigenvalue weighted by molar-refractivity contribution is -0.0387. The Bertz CT molecular complexity index is 255. The van der Waals surface area contributed by atoms with Crippen LogP contribution in [0.5, 0.6) is 0 Å². The van der Waals surface area contributed by atoms with Crippen molar-refractivity contribution in [3.63, 3.8) is 0 Å². The first-order valence-corrected chi connectivity index (χ1v) is 7.94. The predicted octanol–water partition coefficient (Wildman–Crippen LogP) is 3.42. The summed E-state index contributed by atoms with van der Waals surface area (Å²) in [5, 5.41) is 3.68. The van der Waals surface area contributed by atoms with E-state index in [1.807, 2.05) is 0 Å². The second-order valence-corrected chi connectivity index (χ2v) is 7.45. The molecular formula is C16H32N2. The van der Waals surface area contributed by atoms with Crippen molar-refractivity contribution in [3.05, 3.63) is 0 Å². The van der Waals surface area contributed by atoms with Gasteiger partial charge in [0.2, 0.25) is 0 Å². The van der Waals surface area contributed by atoms with Gasteiger partial charge >= 0.3 is 0 Å². The Balaban J connectivity index is 2.08. The van der Waals surface area contributed by atoms with Crippen LogP contribution in [0.3, 0.4) is 0 Å². The van der Waals surface area contributed by atoms with Gasteiger partial charge < -0.3 is 5.32 Å². The molecule has 0 aromatic heterocycles. The van der Waals surface area contributed by atoms with E-state index in [4.69, 9.17) is 0 Å². The van der Waals surface area contributed by atoms with Crippen LogP contribution in [0.2, 0.25) is 0 Å². The van der Waals surface area contributed by atoms with Crippen molar-refractivity contribution >= 4 is 0 Å². The van der Waals surface area contributed by atoms with Crippen molar-refractivity contribution in [1.29, 1.82) is 0 Å². The number of nitrogens with zero attached hydrogens (tertiary/aromatic N) is 1. The molecule has 0 aromatic rings. The van der Waals surface area contributed by atoms with Gasteiger partial charge in [-0.1, -0.05) is 34.1 Å². The first-order chi connectivity index (χ1) is 8.43. The first kappa shape index (κ1) is 14.3. The minimum absolute atomic E-state index is 0.402. The lowest BCUT2D eigenvalue weighted by atomic mass is 9.76. The Hall–Kier alpha value is -0.0800. The van der Waals surface area contributed by atoms with Crippen molar-refractivity contribution in [2.45, 2.75) is 90.9 Å². The third-order valence-corrected chi connectivity index (χ3v) is 5.22. The van der Waals surface area contributed by atoms with E-state index >= 15 is 0 Å². The van der Waals surface area contributed by atoms with Crippen LogP contribution in [-0.2, 0) is 0 Å². The van der Waals surface area contributed by atoms with Crippen LogP contribution in [0.25, 0.3) is 0 Å². The van der Waals surface area contributed by atoms with Crippen molar-refractivity contribution in [2.75, 3.05) is 6.54 Å². The van der Waals surface area contributed by atoms with Crippen LogP contribution < -0.4 is 5.32 Å². The molecule has 18 heavy (non-hydrogen) atoms. The van der Waals surface area contributed by atoms with E-state index < -0.39 is 0 Å². The summed E-state index contributed by atoms with van der Waals surface area (Å²) in [4.78, 5) is 2.87. The number of fused-ring (bicyclic) bond motifs is 2. The quantitative estimate of drug-likeness (QED) is 0.828. The second kappa shape index (κ2) is 5.50. The molecule has 1 N–H and O–H groups in total. The van der Waals surface area contributed by atoms with Gasteiger partial charge in [0.15, 0.2) is 0 Å². The molecular weight excluding hydrogens is 220 g/mol. The summed E-state index contributed by atoms with van der Waals surface area (Å²) in [6.45, 7) is 13.0. The minimum atomic E-state index is 0.402. The first-order valence-electron chi connectivity index (χ1n) is 7.94. The summed E-state index contributed by atoms with van der Waals surface area (Å²) in [7, 11) is 0. The van der Waals surface area contributed by atoms with Gasteiger partial charge in [-0.25, -0.2) is 0 Å². The number of hydrogen-bond donors (Lipinski definition) is 1. The Labute approximate surface area is 114 Å². The highest BCUT2D eigenvalue weighted by Gasteiger charge is 2.42. The van der Waals surface area contributed by atoms with Crippen LogP contribution in [0.1, 0.15) is 66.7 Å². The van der Waals surface area contributed by atoms with Crippen LogP contribution in [-0.4, -0.2) is 35.6 Å². The molecule has 0 aromatic carbocycles. The van der Waals surface area contributed by atoms with Gasteiger partial charge in [-0.15, -0.1) is 0 Å². The number of piperidine rings is 2. The molecule has 2 aliphatic rings. The fourth-order valence-electron chi connectivity index (χ4n) is 3.95. The molecule has 2 bridgehead atoms. The smallest absolute Gasteiger partial charge is 0.0121 e. The lowest BCUT2D eigenvalue weighted by Crippen LogP contribution is -2.61. The predicted molar refractivity (Wildman–Crippen MR) is 78.9 cm³/mol. The summed E-state index contributed by atoms with van der Waals surface area (Å²) in [6, 6.07) is 3.13.